The van der Waals surface area contributed by atoms with Crippen LogP contribution in [-0.2, 0) is 26.0 Å². The number of fused-ring (bicyclic) bond motifs is 2. The van der Waals surface area contributed by atoms with Crippen LogP contribution in [0.15, 0.2) is 53.6 Å². The topological polar surface area (TPSA) is 89.0 Å². The van der Waals surface area contributed by atoms with Gasteiger partial charge in [0.25, 0.3) is 0 Å². The molecule has 1 amide bonds. The molecule has 2 aromatic rings. The molecule has 0 N–H and O–H groups in total. The van der Waals surface area contributed by atoms with Crippen molar-refractivity contribution in [3.63, 3.8) is 0 Å². The number of benzene rings is 1. The van der Waals surface area contributed by atoms with Crippen LogP contribution in [0.2, 0.25) is 0 Å². The lowest BCUT2D eigenvalue weighted by Crippen LogP contribution is -2.48. The van der Waals surface area contributed by atoms with E-state index in [1.54, 1.807) is 42.5 Å². The number of ether oxygens (including phenoxy) is 2. The van der Waals surface area contributed by atoms with E-state index in [4.69, 9.17) is 9.47 Å². The minimum Gasteiger partial charge on any atom is -0.487 e. The molecule has 1 aromatic carbocycles. The summed E-state index contributed by atoms with van der Waals surface area (Å²) in [7, 11) is -2.20. The van der Waals surface area contributed by atoms with Gasteiger partial charge in [-0.3, -0.25) is 9.78 Å². The van der Waals surface area contributed by atoms with Crippen molar-refractivity contribution in [1.82, 2.24) is 14.2 Å². The molecule has 1 fully saturated rings. The molecule has 4 rings (SSSR count). The molecule has 31 heavy (non-hydrogen) atoms. The molecule has 1 aromatic heterocycles. The number of hydrogen-bond acceptors (Lipinski definition) is 6. The zero-order valence-electron chi connectivity index (χ0n) is 17.5. The van der Waals surface area contributed by atoms with Gasteiger partial charge in [-0.25, -0.2) is 8.42 Å². The van der Waals surface area contributed by atoms with Gasteiger partial charge in [-0.05, 0) is 30.7 Å². The van der Waals surface area contributed by atoms with Crippen LogP contribution in [0.25, 0.3) is 0 Å². The molecule has 2 aliphatic rings. The van der Waals surface area contributed by atoms with E-state index < -0.39 is 10.0 Å². The minimum absolute atomic E-state index is 0.0122. The maximum atomic E-state index is 13.5. The second kappa shape index (κ2) is 9.33. The normalized spacial score (nSPS) is 23.1. The molecule has 3 heterocycles. The zero-order chi connectivity index (χ0) is 21.8. The maximum Gasteiger partial charge on any atom is 0.247 e. The lowest BCUT2D eigenvalue weighted by Gasteiger charge is -2.31. The van der Waals surface area contributed by atoms with Gasteiger partial charge in [0.1, 0.15) is 16.7 Å². The number of rotatable bonds is 5. The lowest BCUT2D eigenvalue weighted by molar-refractivity contribution is -0.130. The molecule has 0 radical (unpaired) electrons. The highest BCUT2D eigenvalue weighted by Crippen LogP contribution is 2.36. The van der Waals surface area contributed by atoms with E-state index >= 15 is 0 Å². The number of hydrogen-bond donors (Lipinski definition) is 0. The Morgan fingerprint density at radius 1 is 1.16 bits per heavy atom. The van der Waals surface area contributed by atoms with E-state index in [0.717, 1.165) is 5.69 Å². The first-order valence-corrected chi connectivity index (χ1v) is 11.9. The molecule has 0 saturated carbocycles. The van der Waals surface area contributed by atoms with Gasteiger partial charge in [0, 0.05) is 45.1 Å². The standard InChI is InChI=1S/C22H27N3O5S/c1-29-15-14-25-18-9-12-24(22(26)16-17-6-4-5-11-23-17)13-10-19(18)30-20-7-2-3-8-21(20)31(25,27)28/h2-8,11,18-19H,9-10,12-16H2,1H3/t18-,19-/m1/s1. The second-order valence-corrected chi connectivity index (χ2v) is 9.59. The molecule has 0 aliphatic carbocycles. The molecule has 166 valence electrons. The van der Waals surface area contributed by atoms with E-state index in [1.165, 1.54) is 4.31 Å². The van der Waals surface area contributed by atoms with Crippen LogP contribution in [-0.4, -0.2) is 74.0 Å². The average Bonchev–Trinajstić information content (AvgIpc) is 3.02. The molecule has 8 nitrogen and oxygen atoms in total. The van der Waals surface area contributed by atoms with Gasteiger partial charge in [0.2, 0.25) is 15.9 Å². The molecule has 0 unspecified atom stereocenters. The third-order valence-electron chi connectivity index (χ3n) is 5.82. The number of carbonyl (C=O) groups is 1. The molecule has 2 aliphatic heterocycles. The summed E-state index contributed by atoms with van der Waals surface area (Å²) < 4.78 is 39.8. The van der Waals surface area contributed by atoms with E-state index in [-0.39, 0.29) is 42.5 Å². The number of pyridine rings is 1. The third kappa shape index (κ3) is 4.58. The highest BCUT2D eigenvalue weighted by molar-refractivity contribution is 7.89. The summed E-state index contributed by atoms with van der Waals surface area (Å²) in [5.41, 5.74) is 0.723. The Morgan fingerprint density at radius 3 is 2.71 bits per heavy atom. The fraction of sp³-hybridized carbons (Fsp3) is 0.455. The van der Waals surface area contributed by atoms with Crippen molar-refractivity contribution in [2.45, 2.75) is 36.3 Å². The summed E-state index contributed by atoms with van der Waals surface area (Å²) in [5, 5.41) is 0. The van der Waals surface area contributed by atoms with Crippen LogP contribution in [0.1, 0.15) is 18.5 Å². The number of likely N-dealkylation sites (tertiary alicyclic amines) is 1. The smallest absolute Gasteiger partial charge is 0.247 e. The van der Waals surface area contributed by atoms with Crippen LogP contribution in [0.5, 0.6) is 5.75 Å². The fourth-order valence-corrected chi connectivity index (χ4v) is 6.03. The highest BCUT2D eigenvalue weighted by atomic mass is 32.2. The van der Waals surface area contributed by atoms with Gasteiger partial charge in [-0.1, -0.05) is 18.2 Å². The van der Waals surface area contributed by atoms with Crippen LogP contribution in [0, 0.1) is 0 Å². The van der Waals surface area contributed by atoms with Crippen molar-refractivity contribution in [2.75, 3.05) is 33.4 Å². The number of amides is 1. The van der Waals surface area contributed by atoms with Crippen LogP contribution in [0.3, 0.4) is 0 Å². The summed E-state index contributed by atoms with van der Waals surface area (Å²) in [5.74, 6) is 0.354. The van der Waals surface area contributed by atoms with Crippen molar-refractivity contribution in [3.05, 3.63) is 54.4 Å². The molecular weight excluding hydrogens is 418 g/mol. The largest absolute Gasteiger partial charge is 0.487 e. The molecule has 1 saturated heterocycles. The molecule has 0 spiro atoms. The molecular formula is C22H27N3O5S. The zero-order valence-corrected chi connectivity index (χ0v) is 18.3. The SMILES string of the molecule is COCCN1[C@@H]2CCN(C(=O)Cc3ccccn3)CC[C@H]2Oc2ccccc2S1(=O)=O. The number of methoxy groups -OCH3 is 1. The average molecular weight is 446 g/mol. The Morgan fingerprint density at radius 2 is 1.94 bits per heavy atom. The summed E-state index contributed by atoms with van der Waals surface area (Å²) in [6.45, 7) is 1.49. The van der Waals surface area contributed by atoms with Gasteiger partial charge in [0.05, 0.1) is 19.1 Å². The van der Waals surface area contributed by atoms with Gasteiger partial charge < -0.3 is 14.4 Å². The maximum absolute atomic E-state index is 13.5. The van der Waals surface area contributed by atoms with Crippen molar-refractivity contribution < 1.29 is 22.7 Å². The number of sulfonamides is 1. The van der Waals surface area contributed by atoms with Crippen molar-refractivity contribution in [1.29, 1.82) is 0 Å². The number of aromatic nitrogens is 1. The second-order valence-electron chi connectivity index (χ2n) is 7.73. The van der Waals surface area contributed by atoms with Crippen LogP contribution < -0.4 is 4.74 Å². The van der Waals surface area contributed by atoms with Crippen molar-refractivity contribution in [3.8, 4) is 5.75 Å². The summed E-state index contributed by atoms with van der Waals surface area (Å²) in [6.07, 6.45) is 2.60. The highest BCUT2D eigenvalue weighted by Gasteiger charge is 2.43. The first-order chi connectivity index (χ1) is 15.0. The first-order valence-electron chi connectivity index (χ1n) is 10.4. The Labute approximate surface area is 182 Å². The number of nitrogens with zero attached hydrogens (tertiary/aromatic N) is 3. The van der Waals surface area contributed by atoms with Gasteiger partial charge in [-0.15, -0.1) is 0 Å². The van der Waals surface area contributed by atoms with Crippen LogP contribution >= 0.6 is 0 Å². The molecule has 9 heteroatoms. The quantitative estimate of drug-likeness (QED) is 0.696. The number of carbonyl (C=O) groups excluding carboxylic acids is 1. The Kier molecular flexibility index (Phi) is 6.54. The Hall–Kier alpha value is -2.49. The monoisotopic (exact) mass is 445 g/mol. The van der Waals surface area contributed by atoms with Crippen LogP contribution in [0.4, 0.5) is 0 Å². The van der Waals surface area contributed by atoms with E-state index in [0.29, 0.717) is 31.7 Å². The first kappa shape index (κ1) is 21.7. The van der Waals surface area contributed by atoms with E-state index in [1.807, 2.05) is 18.2 Å². The fourth-order valence-electron chi connectivity index (χ4n) is 4.24. The minimum atomic E-state index is -3.75. The predicted octanol–water partition coefficient (Wildman–Crippen LogP) is 1.71. The summed E-state index contributed by atoms with van der Waals surface area (Å²) >= 11 is 0. The van der Waals surface area contributed by atoms with Crippen molar-refractivity contribution in [2.24, 2.45) is 0 Å². The van der Waals surface area contributed by atoms with Crippen molar-refractivity contribution >= 4 is 15.9 Å². The van der Waals surface area contributed by atoms with E-state index in [9.17, 15) is 13.2 Å². The van der Waals surface area contributed by atoms with E-state index in [2.05, 4.69) is 4.98 Å². The summed E-state index contributed by atoms with van der Waals surface area (Å²) in [6, 6.07) is 11.9. The van der Waals surface area contributed by atoms with Gasteiger partial charge in [0.15, 0.2) is 0 Å². The Bertz CT molecular complexity index is 1010. The summed E-state index contributed by atoms with van der Waals surface area (Å²) in [4.78, 5) is 19.1. The van der Waals surface area contributed by atoms with Gasteiger partial charge >= 0.3 is 0 Å². The predicted molar refractivity (Wildman–Crippen MR) is 114 cm³/mol. The third-order valence-corrected chi connectivity index (χ3v) is 7.78. The Balaban J connectivity index is 1.58. The molecule has 0 bridgehead atoms. The number of para-hydroxylation sites is 1. The van der Waals surface area contributed by atoms with Gasteiger partial charge in [-0.2, -0.15) is 4.31 Å². The lowest BCUT2D eigenvalue weighted by atomic mass is 10.1. The molecule has 2 atom stereocenters.